The minimum Gasteiger partial charge on any atom is -0.497 e. The predicted octanol–water partition coefficient (Wildman–Crippen LogP) is 3.11. The van der Waals surface area contributed by atoms with E-state index in [9.17, 15) is 13.6 Å². The van der Waals surface area contributed by atoms with Crippen molar-refractivity contribution in [1.82, 2.24) is 0 Å². The van der Waals surface area contributed by atoms with E-state index in [0.717, 1.165) is 12.1 Å². The maximum Gasteiger partial charge on any atom is 0.234 e. The minimum atomic E-state index is -0.981. The van der Waals surface area contributed by atoms with Crippen LogP contribution in [0.3, 0.4) is 0 Å². The van der Waals surface area contributed by atoms with E-state index in [1.807, 2.05) is 0 Å². The normalized spacial score (nSPS) is 10.4. The summed E-state index contributed by atoms with van der Waals surface area (Å²) < 4.78 is 37.1. The Bertz CT molecular complexity index is 579. The van der Waals surface area contributed by atoms with Gasteiger partial charge >= 0.3 is 0 Å². The van der Waals surface area contributed by atoms with Crippen LogP contribution in [0.5, 0.6) is 5.75 Å². The van der Waals surface area contributed by atoms with Crippen molar-refractivity contribution in [2.75, 3.05) is 7.11 Å². The second kappa shape index (κ2) is 4.60. The van der Waals surface area contributed by atoms with E-state index < -0.39 is 23.0 Å². The Hall–Kier alpha value is -2.17. The van der Waals surface area contributed by atoms with E-state index in [0.29, 0.717) is 5.76 Å². The summed E-state index contributed by atoms with van der Waals surface area (Å²) in [5.41, 5.74) is -0.648. The Morgan fingerprint density at radius 2 is 1.83 bits per heavy atom. The van der Waals surface area contributed by atoms with Crippen molar-refractivity contribution < 1.29 is 22.7 Å². The molecule has 0 saturated carbocycles. The van der Waals surface area contributed by atoms with Gasteiger partial charge in [0.15, 0.2) is 5.76 Å². The van der Waals surface area contributed by atoms with Crippen molar-refractivity contribution in [3.8, 4) is 5.75 Å². The molecule has 5 heteroatoms. The summed E-state index contributed by atoms with van der Waals surface area (Å²) in [5, 5.41) is 0. The summed E-state index contributed by atoms with van der Waals surface area (Å²) in [6.07, 6.45) is 0. The van der Waals surface area contributed by atoms with Gasteiger partial charge in [-0.1, -0.05) is 0 Å². The second-order valence-electron chi connectivity index (χ2n) is 3.71. The lowest BCUT2D eigenvalue weighted by atomic mass is 10.1. The van der Waals surface area contributed by atoms with Crippen LogP contribution < -0.4 is 4.74 Å². The first-order valence-electron chi connectivity index (χ1n) is 5.17. The lowest BCUT2D eigenvalue weighted by Gasteiger charge is -2.05. The first kappa shape index (κ1) is 12.3. The van der Waals surface area contributed by atoms with Gasteiger partial charge in [0.1, 0.15) is 23.1 Å². The SMILES string of the molecule is COc1cc(F)c(C(=O)c2ccc(C)o2)c(F)c1. The van der Waals surface area contributed by atoms with Gasteiger partial charge in [0.05, 0.1) is 12.7 Å². The lowest BCUT2D eigenvalue weighted by molar-refractivity contribution is 0.0999. The van der Waals surface area contributed by atoms with Gasteiger partial charge in [-0.15, -0.1) is 0 Å². The fraction of sp³-hybridized carbons (Fsp3) is 0.154. The van der Waals surface area contributed by atoms with E-state index in [-0.39, 0.29) is 11.5 Å². The molecule has 94 valence electrons. The van der Waals surface area contributed by atoms with E-state index >= 15 is 0 Å². The fourth-order valence-electron chi connectivity index (χ4n) is 1.56. The number of hydrogen-bond acceptors (Lipinski definition) is 3. The molecule has 0 saturated heterocycles. The number of carbonyl (C=O) groups is 1. The molecular weight excluding hydrogens is 242 g/mol. The Morgan fingerprint density at radius 1 is 1.22 bits per heavy atom. The molecule has 0 N–H and O–H groups in total. The highest BCUT2D eigenvalue weighted by Gasteiger charge is 2.22. The lowest BCUT2D eigenvalue weighted by Crippen LogP contribution is -2.07. The van der Waals surface area contributed by atoms with E-state index in [4.69, 9.17) is 9.15 Å². The summed E-state index contributed by atoms with van der Waals surface area (Å²) in [6, 6.07) is 4.82. The topological polar surface area (TPSA) is 39.4 Å². The van der Waals surface area contributed by atoms with Crippen LogP contribution >= 0.6 is 0 Å². The van der Waals surface area contributed by atoms with Gasteiger partial charge in [0, 0.05) is 12.1 Å². The second-order valence-corrected chi connectivity index (χ2v) is 3.71. The average molecular weight is 252 g/mol. The van der Waals surface area contributed by atoms with Crippen LogP contribution in [-0.2, 0) is 0 Å². The van der Waals surface area contributed by atoms with Crippen LogP contribution in [0.4, 0.5) is 8.78 Å². The van der Waals surface area contributed by atoms with Crippen molar-refractivity contribution >= 4 is 5.78 Å². The number of furan rings is 1. The van der Waals surface area contributed by atoms with E-state index in [1.54, 1.807) is 13.0 Å². The standard InChI is InChI=1S/C13H10F2O3/c1-7-3-4-11(18-7)13(16)12-9(14)5-8(17-2)6-10(12)15/h3-6H,1-2H3. The van der Waals surface area contributed by atoms with Gasteiger partial charge in [-0.3, -0.25) is 4.79 Å². The predicted molar refractivity (Wildman–Crippen MR) is 59.8 cm³/mol. The highest BCUT2D eigenvalue weighted by atomic mass is 19.1. The van der Waals surface area contributed by atoms with Gasteiger partial charge in [-0.25, -0.2) is 8.78 Å². The van der Waals surface area contributed by atoms with Crippen LogP contribution in [0.2, 0.25) is 0 Å². The molecule has 0 atom stereocenters. The Morgan fingerprint density at radius 3 is 2.28 bits per heavy atom. The number of hydrogen-bond donors (Lipinski definition) is 0. The molecule has 0 amide bonds. The molecule has 0 aliphatic carbocycles. The maximum absolute atomic E-state index is 13.7. The summed E-state index contributed by atoms with van der Waals surface area (Å²) >= 11 is 0. The smallest absolute Gasteiger partial charge is 0.234 e. The van der Waals surface area contributed by atoms with Crippen molar-refractivity contribution in [2.24, 2.45) is 0 Å². The average Bonchev–Trinajstić information content (AvgIpc) is 2.74. The van der Waals surface area contributed by atoms with Crippen LogP contribution in [0, 0.1) is 18.6 Å². The zero-order valence-electron chi connectivity index (χ0n) is 9.79. The van der Waals surface area contributed by atoms with E-state index in [2.05, 4.69) is 0 Å². The monoisotopic (exact) mass is 252 g/mol. The highest BCUT2D eigenvalue weighted by molar-refractivity contribution is 6.07. The number of carbonyl (C=O) groups excluding carboxylic acids is 1. The quantitative estimate of drug-likeness (QED) is 0.788. The van der Waals surface area contributed by atoms with Gasteiger partial charge in [0.2, 0.25) is 5.78 Å². The zero-order chi connectivity index (χ0) is 13.3. The minimum absolute atomic E-state index is 0.0113. The Balaban J connectivity index is 2.48. The zero-order valence-corrected chi connectivity index (χ0v) is 9.79. The summed E-state index contributed by atoms with van der Waals surface area (Å²) in [6.45, 7) is 1.64. The molecule has 1 aromatic carbocycles. The molecular formula is C13H10F2O3. The molecule has 0 aliphatic rings. The Labute approximate surface area is 102 Å². The van der Waals surface area contributed by atoms with Gasteiger partial charge in [-0.05, 0) is 19.1 Å². The molecule has 2 aromatic rings. The number of aryl methyl sites for hydroxylation is 1. The number of methoxy groups -OCH3 is 1. The Kier molecular flexibility index (Phi) is 3.14. The summed E-state index contributed by atoms with van der Waals surface area (Å²) in [5.74, 6) is -2.39. The van der Waals surface area contributed by atoms with Crippen LogP contribution in [0.25, 0.3) is 0 Å². The fourth-order valence-corrected chi connectivity index (χ4v) is 1.56. The molecule has 18 heavy (non-hydrogen) atoms. The molecule has 0 aliphatic heterocycles. The third kappa shape index (κ3) is 2.11. The molecule has 0 unspecified atom stereocenters. The molecule has 0 spiro atoms. The third-order valence-electron chi connectivity index (χ3n) is 2.44. The first-order valence-corrected chi connectivity index (χ1v) is 5.17. The molecule has 2 rings (SSSR count). The van der Waals surface area contributed by atoms with Crippen LogP contribution in [-0.4, -0.2) is 12.9 Å². The van der Waals surface area contributed by atoms with Gasteiger partial charge < -0.3 is 9.15 Å². The number of ketones is 1. The molecule has 0 fully saturated rings. The first-order chi connectivity index (χ1) is 8.52. The van der Waals surface area contributed by atoms with E-state index in [1.165, 1.54) is 13.2 Å². The number of halogens is 2. The maximum atomic E-state index is 13.7. The molecule has 1 aromatic heterocycles. The van der Waals surface area contributed by atoms with Crippen molar-refractivity contribution in [2.45, 2.75) is 6.92 Å². The number of rotatable bonds is 3. The number of ether oxygens (including phenoxy) is 1. The van der Waals surface area contributed by atoms with Crippen molar-refractivity contribution in [3.05, 3.63) is 53.0 Å². The van der Waals surface area contributed by atoms with Crippen LogP contribution in [0.15, 0.2) is 28.7 Å². The van der Waals surface area contributed by atoms with Gasteiger partial charge in [-0.2, -0.15) is 0 Å². The molecule has 0 bridgehead atoms. The molecule has 0 radical (unpaired) electrons. The van der Waals surface area contributed by atoms with Gasteiger partial charge in [0.25, 0.3) is 0 Å². The summed E-state index contributed by atoms with van der Waals surface area (Å²) in [7, 11) is 1.28. The molecule has 3 nitrogen and oxygen atoms in total. The van der Waals surface area contributed by atoms with Crippen molar-refractivity contribution in [3.63, 3.8) is 0 Å². The van der Waals surface area contributed by atoms with Crippen LogP contribution in [0.1, 0.15) is 21.9 Å². The summed E-state index contributed by atoms with van der Waals surface area (Å²) in [4.78, 5) is 11.9. The molecule has 1 heterocycles. The third-order valence-corrected chi connectivity index (χ3v) is 2.44. The van der Waals surface area contributed by atoms with Crippen molar-refractivity contribution in [1.29, 1.82) is 0 Å². The number of benzene rings is 1. The largest absolute Gasteiger partial charge is 0.497 e. The highest BCUT2D eigenvalue weighted by Crippen LogP contribution is 2.23.